The second-order valence-corrected chi connectivity index (χ2v) is 4.59. The predicted molar refractivity (Wildman–Crippen MR) is 72.4 cm³/mol. The van der Waals surface area contributed by atoms with Gasteiger partial charge in [0.2, 0.25) is 0 Å². The average Bonchev–Trinajstić information content (AvgIpc) is 2.38. The van der Waals surface area contributed by atoms with Crippen molar-refractivity contribution in [2.75, 3.05) is 13.4 Å². The third kappa shape index (κ3) is 1.80. The lowest BCUT2D eigenvalue weighted by Crippen LogP contribution is -1.97. The van der Waals surface area contributed by atoms with Crippen molar-refractivity contribution in [3.63, 3.8) is 0 Å². The molecule has 0 aliphatic carbocycles. The van der Waals surface area contributed by atoms with Crippen molar-refractivity contribution in [3.8, 4) is 5.75 Å². The van der Waals surface area contributed by atoms with E-state index in [4.69, 9.17) is 4.74 Å². The molecule has 0 aromatic heterocycles. The van der Waals surface area contributed by atoms with Crippen LogP contribution < -0.4 is 4.74 Å². The van der Waals surface area contributed by atoms with Gasteiger partial charge in [0.15, 0.2) is 6.29 Å². The van der Waals surface area contributed by atoms with Crippen molar-refractivity contribution in [1.29, 1.82) is 0 Å². The molecular formula is C14H14O2S. The number of aryl methyl sites for hydroxylation is 1. The first-order valence-corrected chi connectivity index (χ1v) is 6.55. The first-order valence-electron chi connectivity index (χ1n) is 5.33. The van der Waals surface area contributed by atoms with E-state index in [-0.39, 0.29) is 0 Å². The molecule has 0 amide bonds. The van der Waals surface area contributed by atoms with Crippen LogP contribution in [0.25, 0.3) is 10.8 Å². The van der Waals surface area contributed by atoms with Crippen molar-refractivity contribution >= 4 is 28.8 Å². The summed E-state index contributed by atoms with van der Waals surface area (Å²) < 4.78 is 5.47. The van der Waals surface area contributed by atoms with Gasteiger partial charge in [-0.15, -0.1) is 11.8 Å². The Bertz CT molecular complexity index is 576. The molecule has 0 aliphatic heterocycles. The summed E-state index contributed by atoms with van der Waals surface area (Å²) in [7, 11) is 1.64. The molecule has 2 rings (SSSR count). The van der Waals surface area contributed by atoms with Crippen LogP contribution in [-0.4, -0.2) is 19.7 Å². The highest BCUT2D eigenvalue weighted by molar-refractivity contribution is 7.98. The zero-order valence-electron chi connectivity index (χ0n) is 10.1. The van der Waals surface area contributed by atoms with Gasteiger partial charge in [-0.3, -0.25) is 4.79 Å². The number of ether oxygens (including phenoxy) is 1. The molecule has 0 unspecified atom stereocenters. The normalized spacial score (nSPS) is 10.5. The number of rotatable bonds is 3. The zero-order valence-corrected chi connectivity index (χ0v) is 10.9. The van der Waals surface area contributed by atoms with Gasteiger partial charge in [-0.1, -0.05) is 24.3 Å². The fourth-order valence-electron chi connectivity index (χ4n) is 2.12. The van der Waals surface area contributed by atoms with Gasteiger partial charge in [-0.05, 0) is 24.1 Å². The fourth-order valence-corrected chi connectivity index (χ4v) is 2.92. The summed E-state index contributed by atoms with van der Waals surface area (Å²) in [4.78, 5) is 12.2. The van der Waals surface area contributed by atoms with Crippen LogP contribution in [0.5, 0.6) is 5.75 Å². The Morgan fingerprint density at radius 2 is 1.88 bits per heavy atom. The molecule has 0 spiro atoms. The lowest BCUT2D eigenvalue weighted by molar-refractivity contribution is 0.112. The molecule has 2 nitrogen and oxygen atoms in total. The number of fused-ring (bicyclic) bond motifs is 1. The number of aldehydes is 1. The smallest absolute Gasteiger partial charge is 0.151 e. The second kappa shape index (κ2) is 4.80. The summed E-state index contributed by atoms with van der Waals surface area (Å²) in [6.45, 7) is 1.98. The molecule has 0 aliphatic rings. The molecule has 0 saturated carbocycles. The maximum Gasteiger partial charge on any atom is 0.151 e. The first-order chi connectivity index (χ1) is 8.24. The number of methoxy groups -OCH3 is 1. The molecule has 0 saturated heterocycles. The summed E-state index contributed by atoms with van der Waals surface area (Å²) in [6.07, 6.45) is 2.87. The van der Waals surface area contributed by atoms with E-state index in [1.807, 2.05) is 37.4 Å². The van der Waals surface area contributed by atoms with E-state index in [1.54, 1.807) is 18.9 Å². The van der Waals surface area contributed by atoms with Crippen molar-refractivity contribution in [1.82, 2.24) is 0 Å². The minimum atomic E-state index is 0.730. The van der Waals surface area contributed by atoms with Gasteiger partial charge in [0.1, 0.15) is 5.75 Å². The van der Waals surface area contributed by atoms with Crippen LogP contribution in [0, 0.1) is 6.92 Å². The second-order valence-electron chi connectivity index (χ2n) is 3.77. The third-order valence-corrected chi connectivity index (χ3v) is 3.77. The Hall–Kier alpha value is -1.48. The molecule has 0 atom stereocenters. The number of carbonyl (C=O) groups is 1. The SMILES string of the molecule is COc1c(SC)c(C=O)c(C)c2ccccc12. The van der Waals surface area contributed by atoms with Crippen LogP contribution in [0.15, 0.2) is 29.2 Å². The highest BCUT2D eigenvalue weighted by atomic mass is 32.2. The van der Waals surface area contributed by atoms with Gasteiger partial charge in [0.05, 0.1) is 12.0 Å². The van der Waals surface area contributed by atoms with Gasteiger partial charge >= 0.3 is 0 Å². The number of benzene rings is 2. The van der Waals surface area contributed by atoms with Crippen molar-refractivity contribution in [2.45, 2.75) is 11.8 Å². The van der Waals surface area contributed by atoms with Gasteiger partial charge in [0, 0.05) is 10.9 Å². The number of hydrogen-bond donors (Lipinski definition) is 0. The van der Waals surface area contributed by atoms with Crippen molar-refractivity contribution in [2.24, 2.45) is 0 Å². The van der Waals surface area contributed by atoms with E-state index in [9.17, 15) is 4.79 Å². The van der Waals surface area contributed by atoms with E-state index in [0.717, 1.165) is 38.8 Å². The summed E-state index contributed by atoms with van der Waals surface area (Å²) in [6, 6.07) is 8.00. The lowest BCUT2D eigenvalue weighted by Gasteiger charge is -2.15. The fraction of sp³-hybridized carbons (Fsp3) is 0.214. The van der Waals surface area contributed by atoms with Crippen LogP contribution in [0.1, 0.15) is 15.9 Å². The molecular weight excluding hydrogens is 232 g/mol. The molecule has 0 radical (unpaired) electrons. The molecule has 88 valence electrons. The van der Waals surface area contributed by atoms with Crippen molar-refractivity contribution in [3.05, 3.63) is 35.4 Å². The number of thioether (sulfide) groups is 1. The monoisotopic (exact) mass is 246 g/mol. The summed E-state index contributed by atoms with van der Waals surface area (Å²) >= 11 is 1.54. The third-order valence-electron chi connectivity index (χ3n) is 2.96. The molecule has 2 aromatic carbocycles. The van der Waals surface area contributed by atoms with Gasteiger partial charge in [-0.2, -0.15) is 0 Å². The molecule has 2 aromatic rings. The Labute approximate surface area is 105 Å². The average molecular weight is 246 g/mol. The molecule has 3 heteroatoms. The summed E-state index contributed by atoms with van der Waals surface area (Å²) in [5.74, 6) is 0.792. The van der Waals surface area contributed by atoms with Crippen LogP contribution in [0.3, 0.4) is 0 Å². The lowest BCUT2D eigenvalue weighted by atomic mass is 9.99. The first kappa shape index (κ1) is 12.0. The van der Waals surface area contributed by atoms with E-state index in [0.29, 0.717) is 0 Å². The van der Waals surface area contributed by atoms with E-state index < -0.39 is 0 Å². The van der Waals surface area contributed by atoms with Crippen molar-refractivity contribution < 1.29 is 9.53 Å². The zero-order chi connectivity index (χ0) is 12.4. The standard InChI is InChI=1S/C14H14O2S/c1-9-10-6-4-5-7-11(10)13(16-2)14(17-3)12(9)8-15/h4-8H,1-3H3. The number of hydrogen-bond acceptors (Lipinski definition) is 3. The molecule has 0 heterocycles. The minimum absolute atomic E-state index is 0.730. The van der Waals surface area contributed by atoms with Crippen LogP contribution in [-0.2, 0) is 0 Å². The maximum absolute atomic E-state index is 11.2. The van der Waals surface area contributed by atoms with Gasteiger partial charge < -0.3 is 4.74 Å². The summed E-state index contributed by atoms with van der Waals surface area (Å²) in [5, 5.41) is 2.13. The van der Waals surface area contributed by atoms with Gasteiger partial charge in [-0.25, -0.2) is 0 Å². The molecule has 0 fully saturated rings. The van der Waals surface area contributed by atoms with E-state index in [1.165, 1.54) is 0 Å². The Kier molecular flexibility index (Phi) is 3.38. The topological polar surface area (TPSA) is 26.3 Å². The van der Waals surface area contributed by atoms with Gasteiger partial charge in [0.25, 0.3) is 0 Å². The number of carbonyl (C=O) groups excluding carboxylic acids is 1. The Balaban J connectivity index is 2.98. The highest BCUT2D eigenvalue weighted by Gasteiger charge is 2.16. The van der Waals surface area contributed by atoms with Crippen LogP contribution >= 0.6 is 11.8 Å². The summed E-state index contributed by atoms with van der Waals surface area (Å²) in [5.41, 5.74) is 1.74. The Morgan fingerprint density at radius 3 is 2.41 bits per heavy atom. The van der Waals surface area contributed by atoms with Crippen LogP contribution in [0.4, 0.5) is 0 Å². The quantitative estimate of drug-likeness (QED) is 0.610. The maximum atomic E-state index is 11.2. The minimum Gasteiger partial charge on any atom is -0.495 e. The Morgan fingerprint density at radius 1 is 1.24 bits per heavy atom. The molecule has 0 bridgehead atoms. The van der Waals surface area contributed by atoms with E-state index >= 15 is 0 Å². The molecule has 0 N–H and O–H groups in total. The highest BCUT2D eigenvalue weighted by Crippen LogP contribution is 2.40. The van der Waals surface area contributed by atoms with E-state index in [2.05, 4.69) is 0 Å². The molecule has 17 heavy (non-hydrogen) atoms. The largest absolute Gasteiger partial charge is 0.495 e. The van der Waals surface area contributed by atoms with Crippen LogP contribution in [0.2, 0.25) is 0 Å². The predicted octanol–water partition coefficient (Wildman–Crippen LogP) is 3.69.